The number of amides is 1. The van der Waals surface area contributed by atoms with Crippen LogP contribution < -0.4 is 15.2 Å². The molecule has 1 atom stereocenters. The molecule has 1 aliphatic heterocycles. The summed E-state index contributed by atoms with van der Waals surface area (Å²) in [5.74, 6) is 1.46. The van der Waals surface area contributed by atoms with Gasteiger partial charge in [0.15, 0.2) is 11.5 Å². The van der Waals surface area contributed by atoms with Crippen molar-refractivity contribution >= 4 is 21.8 Å². The summed E-state index contributed by atoms with van der Waals surface area (Å²) in [5, 5.41) is 0. The molecule has 1 aromatic rings. The normalized spacial score (nSPS) is 17.6. The molecule has 2 N–H and O–H groups in total. The minimum absolute atomic E-state index is 0.0975. The van der Waals surface area contributed by atoms with Gasteiger partial charge in [0.1, 0.15) is 0 Å². The van der Waals surface area contributed by atoms with E-state index >= 15 is 0 Å². The van der Waals surface area contributed by atoms with Crippen molar-refractivity contribution in [2.45, 2.75) is 32.7 Å². The van der Waals surface area contributed by atoms with E-state index in [-0.39, 0.29) is 11.9 Å². The highest BCUT2D eigenvalue weighted by Gasteiger charge is 2.24. The largest absolute Gasteiger partial charge is 0.490 e. The van der Waals surface area contributed by atoms with E-state index in [1.807, 2.05) is 30.9 Å². The molecule has 0 saturated carbocycles. The molecule has 0 unspecified atom stereocenters. The molecule has 1 aromatic carbocycles. The average molecular weight is 371 g/mol. The second-order valence-electron chi connectivity index (χ2n) is 5.32. The van der Waals surface area contributed by atoms with Crippen molar-refractivity contribution in [3.8, 4) is 11.5 Å². The maximum absolute atomic E-state index is 12.4. The Bertz CT molecular complexity index is 536. The second kappa shape index (κ2) is 7.83. The van der Waals surface area contributed by atoms with Gasteiger partial charge in [0.25, 0.3) is 0 Å². The molecule has 1 fully saturated rings. The van der Waals surface area contributed by atoms with Crippen LogP contribution in [0, 0.1) is 0 Å². The minimum atomic E-state index is 0.0975. The molecule has 1 saturated heterocycles. The van der Waals surface area contributed by atoms with Crippen LogP contribution in [-0.2, 0) is 11.2 Å². The summed E-state index contributed by atoms with van der Waals surface area (Å²) < 4.78 is 12.1. The number of ether oxygens (including phenoxy) is 2. The Labute approximate surface area is 139 Å². The summed E-state index contributed by atoms with van der Waals surface area (Å²) >= 11 is 3.52. The first-order chi connectivity index (χ1) is 10.5. The van der Waals surface area contributed by atoms with Crippen LogP contribution in [0.15, 0.2) is 16.6 Å². The third-order valence-electron chi connectivity index (χ3n) is 3.63. The van der Waals surface area contributed by atoms with Crippen LogP contribution in [-0.4, -0.2) is 43.2 Å². The van der Waals surface area contributed by atoms with Gasteiger partial charge in [-0.2, -0.15) is 0 Å². The minimum Gasteiger partial charge on any atom is -0.490 e. The monoisotopic (exact) mass is 370 g/mol. The van der Waals surface area contributed by atoms with E-state index in [0.717, 1.165) is 23.0 Å². The van der Waals surface area contributed by atoms with Gasteiger partial charge in [-0.15, -0.1) is 0 Å². The molecule has 1 aliphatic rings. The number of hydrogen-bond donors (Lipinski definition) is 1. The first kappa shape index (κ1) is 17.1. The first-order valence-corrected chi connectivity index (χ1v) is 8.45. The highest BCUT2D eigenvalue weighted by atomic mass is 79.9. The van der Waals surface area contributed by atoms with Crippen LogP contribution in [0.25, 0.3) is 0 Å². The highest BCUT2D eigenvalue weighted by Crippen LogP contribution is 2.34. The topological polar surface area (TPSA) is 64.8 Å². The summed E-state index contributed by atoms with van der Waals surface area (Å²) in [5.41, 5.74) is 6.76. The van der Waals surface area contributed by atoms with Crippen molar-refractivity contribution in [1.82, 2.24) is 4.90 Å². The third kappa shape index (κ3) is 4.14. The van der Waals surface area contributed by atoms with E-state index in [1.54, 1.807) is 0 Å². The number of rotatable bonds is 6. The van der Waals surface area contributed by atoms with E-state index in [0.29, 0.717) is 37.7 Å². The highest BCUT2D eigenvalue weighted by molar-refractivity contribution is 9.10. The maximum atomic E-state index is 12.4. The fraction of sp³-hybridized carbons (Fsp3) is 0.562. The molecule has 0 aromatic heterocycles. The molecule has 0 aliphatic carbocycles. The lowest BCUT2D eigenvalue weighted by Crippen LogP contribution is -2.33. The van der Waals surface area contributed by atoms with Gasteiger partial charge in [0.05, 0.1) is 19.6 Å². The summed E-state index contributed by atoms with van der Waals surface area (Å²) in [7, 11) is 0. The number of nitrogens with two attached hydrogens (primary N) is 1. The van der Waals surface area contributed by atoms with Gasteiger partial charge in [-0.05, 0) is 38.0 Å². The lowest BCUT2D eigenvalue weighted by Gasteiger charge is -2.18. The number of likely N-dealkylation sites (tertiary alicyclic amines) is 1. The van der Waals surface area contributed by atoms with Crippen molar-refractivity contribution < 1.29 is 14.3 Å². The van der Waals surface area contributed by atoms with Gasteiger partial charge < -0.3 is 20.1 Å². The van der Waals surface area contributed by atoms with Crippen molar-refractivity contribution in [3.63, 3.8) is 0 Å². The predicted molar refractivity (Wildman–Crippen MR) is 89.4 cm³/mol. The maximum Gasteiger partial charge on any atom is 0.227 e. The van der Waals surface area contributed by atoms with E-state index in [9.17, 15) is 4.79 Å². The van der Waals surface area contributed by atoms with Crippen LogP contribution in [0.3, 0.4) is 0 Å². The fourth-order valence-corrected chi connectivity index (χ4v) is 3.00. The van der Waals surface area contributed by atoms with Crippen molar-refractivity contribution in [2.24, 2.45) is 5.73 Å². The average Bonchev–Trinajstić information content (AvgIpc) is 2.91. The van der Waals surface area contributed by atoms with Gasteiger partial charge >= 0.3 is 0 Å². The van der Waals surface area contributed by atoms with Crippen LogP contribution in [0.5, 0.6) is 11.5 Å². The van der Waals surface area contributed by atoms with Crippen molar-refractivity contribution in [2.75, 3.05) is 26.3 Å². The van der Waals surface area contributed by atoms with Crippen LogP contribution in [0.1, 0.15) is 25.8 Å². The van der Waals surface area contributed by atoms with Gasteiger partial charge in [0, 0.05) is 23.6 Å². The number of carbonyl (C=O) groups excluding carboxylic acids is 1. The molecule has 2 rings (SSSR count). The Hall–Kier alpha value is -1.27. The molecule has 0 radical (unpaired) electrons. The van der Waals surface area contributed by atoms with E-state index in [4.69, 9.17) is 15.2 Å². The summed E-state index contributed by atoms with van der Waals surface area (Å²) in [4.78, 5) is 14.2. The van der Waals surface area contributed by atoms with Gasteiger partial charge in [-0.3, -0.25) is 4.79 Å². The van der Waals surface area contributed by atoms with Gasteiger partial charge in [-0.25, -0.2) is 0 Å². The van der Waals surface area contributed by atoms with Crippen LogP contribution in [0.4, 0.5) is 0 Å². The number of hydrogen-bond acceptors (Lipinski definition) is 4. The van der Waals surface area contributed by atoms with E-state index in [1.165, 1.54) is 0 Å². The van der Waals surface area contributed by atoms with Crippen LogP contribution in [0.2, 0.25) is 0 Å². The molecule has 0 bridgehead atoms. The Morgan fingerprint density at radius 1 is 1.32 bits per heavy atom. The quantitative estimate of drug-likeness (QED) is 0.834. The van der Waals surface area contributed by atoms with E-state index < -0.39 is 0 Å². The molecule has 0 spiro atoms. The zero-order valence-corrected chi connectivity index (χ0v) is 14.7. The molecular formula is C16H23BrN2O3. The lowest BCUT2D eigenvalue weighted by atomic mass is 10.1. The molecule has 122 valence electrons. The Balaban J connectivity index is 2.16. The van der Waals surface area contributed by atoms with Gasteiger partial charge in [-0.1, -0.05) is 15.9 Å². The fourth-order valence-electron chi connectivity index (χ4n) is 2.54. The van der Waals surface area contributed by atoms with Crippen molar-refractivity contribution in [1.29, 1.82) is 0 Å². The van der Waals surface area contributed by atoms with E-state index in [2.05, 4.69) is 15.9 Å². The van der Waals surface area contributed by atoms with Crippen molar-refractivity contribution in [3.05, 3.63) is 22.2 Å². The Morgan fingerprint density at radius 3 is 2.50 bits per heavy atom. The SMILES string of the molecule is CCOc1cc(Br)c(CC(=O)N2CC[C@@H](N)C2)cc1OCC. The molecule has 22 heavy (non-hydrogen) atoms. The first-order valence-electron chi connectivity index (χ1n) is 7.66. The Morgan fingerprint density at radius 2 is 1.95 bits per heavy atom. The summed E-state index contributed by atoms with van der Waals surface area (Å²) in [6.07, 6.45) is 1.21. The zero-order valence-electron chi connectivity index (χ0n) is 13.1. The van der Waals surface area contributed by atoms with Crippen LogP contribution >= 0.6 is 15.9 Å². The number of halogens is 1. The smallest absolute Gasteiger partial charge is 0.227 e. The lowest BCUT2D eigenvalue weighted by molar-refractivity contribution is -0.129. The number of benzene rings is 1. The number of nitrogens with zero attached hydrogens (tertiary/aromatic N) is 1. The molecule has 1 amide bonds. The zero-order chi connectivity index (χ0) is 16.1. The Kier molecular flexibility index (Phi) is 6.08. The summed E-state index contributed by atoms with van der Waals surface area (Å²) in [6.45, 7) is 6.36. The molecule has 5 nitrogen and oxygen atoms in total. The molecule has 6 heteroatoms. The number of carbonyl (C=O) groups is 1. The third-order valence-corrected chi connectivity index (χ3v) is 4.37. The molecular weight excluding hydrogens is 348 g/mol. The predicted octanol–water partition coefficient (Wildman–Crippen LogP) is 2.35. The second-order valence-corrected chi connectivity index (χ2v) is 6.18. The molecule has 1 heterocycles. The summed E-state index contributed by atoms with van der Waals surface area (Å²) in [6, 6.07) is 3.85. The van der Waals surface area contributed by atoms with Gasteiger partial charge in [0.2, 0.25) is 5.91 Å². The standard InChI is InChI=1S/C16H23BrN2O3/c1-3-21-14-7-11(13(17)9-15(14)22-4-2)8-16(20)19-6-5-12(18)10-19/h7,9,12H,3-6,8,10,18H2,1-2H3/t12-/m1/s1.